The first-order valence-electron chi connectivity index (χ1n) is 10.1. The Bertz CT molecular complexity index is 1670. The lowest BCUT2D eigenvalue weighted by molar-refractivity contribution is 0.469. The van der Waals surface area contributed by atoms with Crippen LogP contribution in [0.3, 0.4) is 0 Å². The van der Waals surface area contributed by atoms with Gasteiger partial charge in [-0.3, -0.25) is 9.71 Å². The molecule has 2 N–H and O–H groups in total. The molecule has 5 rings (SSSR count). The van der Waals surface area contributed by atoms with E-state index < -0.39 is 26.6 Å². The average molecular weight is 495 g/mol. The number of phenols is 1. The molecule has 0 bridgehead atoms. The number of nitrogens with zero attached hydrogens (tertiary/aromatic N) is 1. The van der Waals surface area contributed by atoms with Gasteiger partial charge in [0.15, 0.2) is 0 Å². The van der Waals surface area contributed by atoms with Crippen molar-refractivity contribution in [2.45, 2.75) is 14.7 Å². The van der Waals surface area contributed by atoms with E-state index in [-0.39, 0.29) is 11.4 Å². The van der Waals surface area contributed by atoms with E-state index in [4.69, 9.17) is 0 Å². The van der Waals surface area contributed by atoms with Gasteiger partial charge in [-0.05, 0) is 30.3 Å². The number of aromatic nitrogens is 1. The first kappa shape index (κ1) is 22.1. The maximum atomic E-state index is 14.2. The molecule has 0 saturated heterocycles. The summed E-state index contributed by atoms with van der Waals surface area (Å²) in [7, 11) is -4.38. The van der Waals surface area contributed by atoms with Crippen molar-refractivity contribution in [2.75, 3.05) is 4.72 Å². The van der Waals surface area contributed by atoms with Crippen LogP contribution in [0.25, 0.3) is 21.7 Å². The van der Waals surface area contributed by atoms with E-state index in [1.807, 2.05) is 30.3 Å². The molecule has 0 radical (unpaired) electrons. The lowest BCUT2D eigenvalue weighted by atomic mass is 10.1. The van der Waals surface area contributed by atoms with Crippen molar-refractivity contribution < 1.29 is 22.3 Å². The molecule has 5 aromatic rings. The van der Waals surface area contributed by atoms with Crippen LogP contribution in [0.4, 0.5) is 14.5 Å². The molecule has 5 nitrogen and oxygen atoms in total. The zero-order chi connectivity index (χ0) is 23.9. The number of benzene rings is 4. The Kier molecular flexibility index (Phi) is 5.59. The summed E-state index contributed by atoms with van der Waals surface area (Å²) < 4.78 is 55.8. The Balaban J connectivity index is 1.63. The maximum absolute atomic E-state index is 14.2. The normalized spacial score (nSPS) is 11.7. The number of halogens is 2. The van der Waals surface area contributed by atoms with E-state index in [1.165, 1.54) is 17.8 Å². The van der Waals surface area contributed by atoms with Gasteiger partial charge in [-0.15, -0.1) is 0 Å². The number of hydrogen-bond acceptors (Lipinski definition) is 5. The first-order chi connectivity index (χ1) is 16.3. The summed E-state index contributed by atoms with van der Waals surface area (Å²) in [6, 6.07) is 19.8. The van der Waals surface area contributed by atoms with Gasteiger partial charge in [0.25, 0.3) is 10.0 Å². The number of phenolic OH excluding ortho intramolecular Hbond substituents is 1. The monoisotopic (exact) mass is 494 g/mol. The molecule has 170 valence electrons. The lowest BCUT2D eigenvalue weighted by Gasteiger charge is -2.15. The molecule has 4 aromatic carbocycles. The molecule has 34 heavy (non-hydrogen) atoms. The number of fused-ring (bicyclic) bond motifs is 2. The minimum Gasteiger partial charge on any atom is -0.506 e. The first-order valence-corrected chi connectivity index (χ1v) is 12.4. The summed E-state index contributed by atoms with van der Waals surface area (Å²) in [4.78, 5) is 4.89. The summed E-state index contributed by atoms with van der Waals surface area (Å²) in [5.74, 6) is -2.11. The van der Waals surface area contributed by atoms with Crippen molar-refractivity contribution >= 4 is 49.1 Å². The van der Waals surface area contributed by atoms with Gasteiger partial charge in [0, 0.05) is 33.3 Å². The van der Waals surface area contributed by atoms with Crippen LogP contribution in [-0.2, 0) is 10.0 Å². The molecular weight excluding hydrogens is 478 g/mol. The zero-order valence-corrected chi connectivity index (χ0v) is 19.0. The molecule has 0 fully saturated rings. The Morgan fingerprint density at radius 2 is 1.62 bits per heavy atom. The van der Waals surface area contributed by atoms with Crippen LogP contribution >= 0.6 is 11.8 Å². The van der Waals surface area contributed by atoms with E-state index in [0.717, 1.165) is 27.9 Å². The predicted octanol–water partition coefficient (Wildman–Crippen LogP) is 6.32. The molecule has 0 amide bonds. The van der Waals surface area contributed by atoms with Gasteiger partial charge in [-0.25, -0.2) is 17.2 Å². The number of anilines is 1. The van der Waals surface area contributed by atoms with Gasteiger partial charge >= 0.3 is 0 Å². The van der Waals surface area contributed by atoms with Crippen LogP contribution in [-0.4, -0.2) is 18.5 Å². The summed E-state index contributed by atoms with van der Waals surface area (Å²) >= 11 is 1.23. The number of hydrogen-bond donors (Lipinski definition) is 2. The Labute approximate surface area is 198 Å². The molecule has 0 aliphatic carbocycles. The zero-order valence-electron chi connectivity index (χ0n) is 17.4. The molecule has 0 aliphatic heterocycles. The number of nitrogens with one attached hydrogen (secondary N) is 1. The molecule has 0 unspecified atom stereocenters. The highest BCUT2D eigenvalue weighted by atomic mass is 32.2. The minimum absolute atomic E-state index is 0.0237. The van der Waals surface area contributed by atoms with Crippen LogP contribution in [0, 0.1) is 11.6 Å². The molecule has 0 saturated carbocycles. The van der Waals surface area contributed by atoms with Crippen molar-refractivity contribution in [3.63, 3.8) is 0 Å². The highest BCUT2D eigenvalue weighted by Gasteiger charge is 2.22. The van der Waals surface area contributed by atoms with Crippen LogP contribution in [0.5, 0.6) is 5.75 Å². The predicted molar refractivity (Wildman–Crippen MR) is 129 cm³/mol. The van der Waals surface area contributed by atoms with Gasteiger partial charge in [0.1, 0.15) is 22.3 Å². The Hall–Kier alpha value is -3.69. The Morgan fingerprint density at radius 1 is 0.853 bits per heavy atom. The third-order valence-electron chi connectivity index (χ3n) is 5.22. The average Bonchev–Trinajstić information content (AvgIpc) is 2.82. The highest BCUT2D eigenvalue weighted by molar-refractivity contribution is 7.99. The summed E-state index contributed by atoms with van der Waals surface area (Å²) in [5, 5.41) is 12.7. The fourth-order valence-electron chi connectivity index (χ4n) is 3.67. The van der Waals surface area contributed by atoms with Crippen molar-refractivity contribution in [1.82, 2.24) is 4.98 Å². The van der Waals surface area contributed by atoms with Crippen LogP contribution in [0.2, 0.25) is 0 Å². The van der Waals surface area contributed by atoms with Crippen LogP contribution in [0.15, 0.2) is 99.7 Å². The van der Waals surface area contributed by atoms with E-state index in [0.29, 0.717) is 21.7 Å². The molecule has 1 aromatic heterocycles. The van der Waals surface area contributed by atoms with Gasteiger partial charge in [0.2, 0.25) is 0 Å². The summed E-state index contributed by atoms with van der Waals surface area (Å²) in [6.07, 6.45) is 1.67. The maximum Gasteiger partial charge on any atom is 0.264 e. The number of aromatic hydroxyl groups is 1. The quantitative estimate of drug-likeness (QED) is 0.279. The van der Waals surface area contributed by atoms with Crippen LogP contribution in [0.1, 0.15) is 0 Å². The van der Waals surface area contributed by atoms with E-state index in [9.17, 15) is 22.3 Å². The second kappa shape index (κ2) is 8.58. The summed E-state index contributed by atoms with van der Waals surface area (Å²) in [5.41, 5.74) is 0.880. The van der Waals surface area contributed by atoms with Crippen molar-refractivity contribution in [2.24, 2.45) is 0 Å². The fourth-order valence-corrected chi connectivity index (χ4v) is 5.83. The van der Waals surface area contributed by atoms with Gasteiger partial charge in [-0.1, -0.05) is 54.2 Å². The van der Waals surface area contributed by atoms with Crippen molar-refractivity contribution in [3.8, 4) is 5.75 Å². The topological polar surface area (TPSA) is 79.3 Å². The SMILES string of the molecule is O=S(=O)(Nc1cc(Sc2cccc3cccnc23)c(O)c2ccccc12)c1ccc(F)cc1F. The fraction of sp³-hybridized carbons (Fsp3) is 0. The van der Waals surface area contributed by atoms with E-state index in [1.54, 1.807) is 30.5 Å². The third-order valence-corrected chi connectivity index (χ3v) is 7.70. The summed E-state index contributed by atoms with van der Waals surface area (Å²) in [6.45, 7) is 0. The number of rotatable bonds is 5. The molecular formula is C25H16F2N2O3S2. The molecule has 9 heteroatoms. The van der Waals surface area contributed by atoms with Gasteiger partial charge in [0.05, 0.1) is 16.1 Å². The number of para-hydroxylation sites is 1. The minimum atomic E-state index is -4.38. The number of pyridine rings is 1. The lowest BCUT2D eigenvalue weighted by Crippen LogP contribution is -2.15. The second-order valence-electron chi connectivity index (χ2n) is 7.43. The second-order valence-corrected chi connectivity index (χ2v) is 10.2. The molecule has 0 aliphatic rings. The molecule has 0 spiro atoms. The van der Waals surface area contributed by atoms with Crippen molar-refractivity contribution in [1.29, 1.82) is 0 Å². The number of sulfonamides is 1. The van der Waals surface area contributed by atoms with Crippen LogP contribution < -0.4 is 4.72 Å². The Morgan fingerprint density at radius 3 is 2.41 bits per heavy atom. The van der Waals surface area contributed by atoms with Gasteiger partial charge < -0.3 is 5.11 Å². The van der Waals surface area contributed by atoms with Gasteiger partial charge in [-0.2, -0.15) is 0 Å². The van der Waals surface area contributed by atoms with E-state index in [2.05, 4.69) is 9.71 Å². The third kappa shape index (κ3) is 4.04. The highest BCUT2D eigenvalue weighted by Crippen LogP contribution is 2.44. The molecule has 1 heterocycles. The van der Waals surface area contributed by atoms with Crippen molar-refractivity contribution in [3.05, 3.63) is 96.7 Å². The largest absolute Gasteiger partial charge is 0.506 e. The van der Waals surface area contributed by atoms with E-state index >= 15 is 0 Å². The molecule has 0 atom stereocenters. The smallest absolute Gasteiger partial charge is 0.264 e. The standard InChI is InChI=1S/C25H16F2N2O3S2/c26-16-10-11-23(19(27)13-16)34(31,32)29-20-14-22(25(30)18-8-2-1-7-17(18)20)33-21-9-3-5-15-6-4-12-28-24(15)21/h1-14,29-30H.